The molecule has 0 aromatic carbocycles. The van der Waals surface area contributed by atoms with Gasteiger partial charge in [0.2, 0.25) is 0 Å². The molecular weight excluding hydrogens is 362 g/mol. The van der Waals surface area contributed by atoms with E-state index >= 15 is 0 Å². The van der Waals surface area contributed by atoms with E-state index in [1.807, 2.05) is 0 Å². The molecule has 0 atom stereocenters. The number of hydrogen-bond acceptors (Lipinski definition) is 4. The molecule has 0 saturated heterocycles. The van der Waals surface area contributed by atoms with E-state index in [4.69, 9.17) is 26.5 Å². The Morgan fingerprint density at radius 3 is 0.727 bits per heavy atom. The van der Waals surface area contributed by atoms with Crippen LogP contribution < -0.4 is 0 Å². The Labute approximate surface area is 64.6 Å². The first-order valence-corrected chi connectivity index (χ1v) is 3.07. The molecule has 0 fully saturated rings. The van der Waals surface area contributed by atoms with E-state index in [9.17, 15) is 0 Å². The van der Waals surface area contributed by atoms with Crippen molar-refractivity contribution in [3.63, 3.8) is 0 Å². The van der Waals surface area contributed by atoms with Crippen molar-refractivity contribution in [2.45, 2.75) is 0 Å². The molecule has 0 radical (unpaired) electrons. The summed E-state index contributed by atoms with van der Waals surface area (Å²) in [6.07, 6.45) is 0. The summed E-state index contributed by atoms with van der Waals surface area (Å²) >= 11 is -2.25. The normalized spacial score (nSPS) is 2.18. The topological polar surface area (TPSA) is 74.6 Å². The third-order valence-corrected chi connectivity index (χ3v) is 0. The molecule has 0 heterocycles. The van der Waals surface area contributed by atoms with Crippen molar-refractivity contribution >= 4 is 0 Å². The molecule has 0 rings (SSSR count). The van der Waals surface area contributed by atoms with Gasteiger partial charge in [-0.2, -0.15) is 0 Å². The standard InChI is InChI=1S/2FHO.4FH.2O.W/c2*1-2;;;;;;;/h2*2H;4*1H;;;. The van der Waals surface area contributed by atoms with Gasteiger partial charge in [-0.15, -0.1) is 0 Å². The predicted octanol–water partition coefficient (Wildman–Crippen LogP) is 0.0963. The molecule has 11 heavy (non-hydrogen) atoms. The first kappa shape index (κ1) is 72.0. The SMILES string of the molecule is F.F.F.F.OF.OF.[O]=[W]=[O]. The van der Waals surface area contributed by atoms with E-state index in [0.717, 1.165) is 0 Å². The summed E-state index contributed by atoms with van der Waals surface area (Å²) in [4.78, 5) is 0. The van der Waals surface area contributed by atoms with Gasteiger partial charge in [0.1, 0.15) is 0 Å². The molecular formula is H6F6O4W. The molecule has 78 valence electrons. The Bertz CT molecular complexity index is 35.6. The van der Waals surface area contributed by atoms with Crippen molar-refractivity contribution in [2.75, 3.05) is 0 Å². The summed E-state index contributed by atoms with van der Waals surface area (Å²) in [5.41, 5.74) is 0. The molecule has 0 unspecified atom stereocenters. The van der Waals surface area contributed by atoms with Gasteiger partial charge in [-0.3, -0.25) is 18.8 Å². The fourth-order valence-electron chi connectivity index (χ4n) is 0. The Balaban J connectivity index is -0.00000000378. The Kier molecular flexibility index (Phi) is 7970. The molecule has 0 aromatic heterocycles. The van der Waals surface area contributed by atoms with Gasteiger partial charge in [0.25, 0.3) is 0 Å². The average Bonchev–Trinajstić information content (AvgIpc) is 1.78. The summed E-state index contributed by atoms with van der Waals surface area (Å²) in [5, 5.41) is 11.0. The van der Waals surface area contributed by atoms with Crippen LogP contribution in [0.15, 0.2) is 0 Å². The van der Waals surface area contributed by atoms with Gasteiger partial charge in [-0.25, -0.2) is 10.6 Å². The summed E-state index contributed by atoms with van der Waals surface area (Å²) in [6.45, 7) is 0. The van der Waals surface area contributed by atoms with Crippen LogP contribution in [0.3, 0.4) is 0 Å². The molecule has 2 N–H and O–H groups in total. The van der Waals surface area contributed by atoms with Crippen LogP contribution in [0.4, 0.5) is 27.9 Å². The average molecular weight is 368 g/mol. The van der Waals surface area contributed by atoms with Crippen LogP contribution in [0, 0.1) is 0 Å². The predicted molar refractivity (Wildman–Crippen MR) is 18.0 cm³/mol. The first-order chi connectivity index (χ1) is 3.41. The van der Waals surface area contributed by atoms with Gasteiger partial charge >= 0.3 is 25.3 Å². The zero-order valence-corrected chi connectivity index (χ0v) is 7.44. The number of rotatable bonds is 0. The van der Waals surface area contributed by atoms with E-state index in [0.29, 0.717) is 0 Å². The van der Waals surface area contributed by atoms with Crippen LogP contribution in [0.5, 0.6) is 0 Å². The fourth-order valence-corrected chi connectivity index (χ4v) is 0. The van der Waals surface area contributed by atoms with Crippen molar-refractivity contribution in [2.24, 2.45) is 0 Å². The van der Waals surface area contributed by atoms with E-state index in [1.54, 1.807) is 0 Å². The van der Waals surface area contributed by atoms with E-state index in [1.165, 1.54) is 0 Å². The summed E-state index contributed by atoms with van der Waals surface area (Å²) in [7, 11) is 0. The molecule has 0 spiro atoms. The van der Waals surface area contributed by atoms with Gasteiger partial charge in [0, 0.05) is 0 Å². The van der Waals surface area contributed by atoms with Crippen LogP contribution in [0.2, 0.25) is 0 Å². The zero-order valence-electron chi connectivity index (χ0n) is 4.51. The number of hydrogen-bond donors (Lipinski definition) is 2. The third kappa shape index (κ3) is 13200. The second-order valence-corrected chi connectivity index (χ2v) is 0.557. The first-order valence-electron chi connectivity index (χ1n) is 0.671. The van der Waals surface area contributed by atoms with Gasteiger partial charge in [0.05, 0.1) is 0 Å². The van der Waals surface area contributed by atoms with E-state index < -0.39 is 18.5 Å². The molecule has 0 saturated carbocycles. The van der Waals surface area contributed by atoms with E-state index in [-0.39, 0.29) is 18.8 Å². The van der Waals surface area contributed by atoms with Crippen LogP contribution in [-0.4, -0.2) is 10.6 Å². The zero-order chi connectivity index (χ0) is 6.71. The molecule has 0 bridgehead atoms. The van der Waals surface area contributed by atoms with Crippen molar-refractivity contribution in [1.82, 2.24) is 0 Å². The second kappa shape index (κ2) is 1220. The summed E-state index contributed by atoms with van der Waals surface area (Å²) < 4.78 is 34.1. The molecule has 4 nitrogen and oxygen atoms in total. The molecule has 0 aliphatic heterocycles. The van der Waals surface area contributed by atoms with Gasteiger partial charge in [-0.1, -0.05) is 9.05 Å². The third-order valence-electron chi connectivity index (χ3n) is 0. The van der Waals surface area contributed by atoms with Crippen LogP contribution >= 0.6 is 0 Å². The summed E-state index contributed by atoms with van der Waals surface area (Å²) in [6, 6.07) is 0. The van der Waals surface area contributed by atoms with Gasteiger partial charge in [0.15, 0.2) is 0 Å². The maximum absolute atomic E-state index is 8.54. The number of halogens is 6. The van der Waals surface area contributed by atoms with Crippen molar-refractivity contribution in [3.05, 3.63) is 0 Å². The van der Waals surface area contributed by atoms with Crippen molar-refractivity contribution < 1.29 is 63.8 Å². The molecule has 0 aliphatic rings. The molecule has 0 aliphatic carbocycles. The van der Waals surface area contributed by atoms with Crippen molar-refractivity contribution in [3.8, 4) is 0 Å². The molecule has 0 amide bonds. The van der Waals surface area contributed by atoms with Gasteiger partial charge in [-0.05, 0) is 0 Å². The quantitative estimate of drug-likeness (QED) is 0.595. The van der Waals surface area contributed by atoms with Crippen LogP contribution in [0.1, 0.15) is 0 Å². The van der Waals surface area contributed by atoms with Crippen LogP contribution in [-0.2, 0) is 25.3 Å². The van der Waals surface area contributed by atoms with E-state index in [2.05, 4.69) is 0 Å². The molecule has 0 aromatic rings. The minimum absolute atomic E-state index is 0. The monoisotopic (exact) mass is 368 g/mol. The van der Waals surface area contributed by atoms with Crippen molar-refractivity contribution in [1.29, 1.82) is 0 Å². The Morgan fingerprint density at radius 2 is 0.727 bits per heavy atom. The summed E-state index contributed by atoms with van der Waals surface area (Å²) in [5.74, 6) is 0. The Morgan fingerprint density at radius 1 is 0.727 bits per heavy atom. The fraction of sp³-hybridized carbons (Fsp3) is 0. The Hall–Kier alpha value is -0.212. The minimum atomic E-state index is -2.25. The molecule has 11 heteroatoms. The van der Waals surface area contributed by atoms with Gasteiger partial charge < -0.3 is 0 Å². The van der Waals surface area contributed by atoms with Crippen LogP contribution in [0.25, 0.3) is 0 Å². The second-order valence-electron chi connectivity index (χ2n) is 0.0680. The maximum atomic E-state index is 8.54.